The smallest absolute Gasteiger partial charge is 0.251 e. The fraction of sp³-hybridized carbons (Fsp3) is 0.588. The summed E-state index contributed by atoms with van der Waals surface area (Å²) >= 11 is 0. The first-order valence-corrected chi connectivity index (χ1v) is 7.60. The number of hydrogen-bond donors (Lipinski definition) is 2. The molecule has 0 aliphatic carbocycles. The largest absolute Gasteiger partial charge is 0.494 e. The summed E-state index contributed by atoms with van der Waals surface area (Å²) in [6.45, 7) is 7.65. The molecule has 1 aromatic rings. The van der Waals surface area contributed by atoms with Gasteiger partial charge in [-0.15, -0.1) is 0 Å². The first-order chi connectivity index (χ1) is 9.98. The van der Waals surface area contributed by atoms with Gasteiger partial charge in [0.05, 0.1) is 6.61 Å². The van der Waals surface area contributed by atoms with Crippen LogP contribution in [0.15, 0.2) is 24.3 Å². The number of benzene rings is 1. The maximum atomic E-state index is 12.2. The molecule has 0 atom stereocenters. The van der Waals surface area contributed by atoms with Gasteiger partial charge in [-0.2, -0.15) is 0 Å². The number of aliphatic hydroxyl groups is 1. The van der Waals surface area contributed by atoms with Crippen LogP contribution in [0.25, 0.3) is 0 Å². The highest BCUT2D eigenvalue weighted by Gasteiger charge is 2.18. The molecule has 0 aliphatic heterocycles. The molecule has 0 fully saturated rings. The van der Waals surface area contributed by atoms with E-state index in [1.54, 1.807) is 12.1 Å². The van der Waals surface area contributed by atoms with Gasteiger partial charge in [0.1, 0.15) is 5.75 Å². The van der Waals surface area contributed by atoms with Gasteiger partial charge in [0.2, 0.25) is 0 Å². The van der Waals surface area contributed by atoms with Crippen molar-refractivity contribution in [3.8, 4) is 5.75 Å². The molecule has 0 aromatic heterocycles. The summed E-state index contributed by atoms with van der Waals surface area (Å²) in [5.41, 5.74) is 0.593. The molecule has 21 heavy (non-hydrogen) atoms. The van der Waals surface area contributed by atoms with Crippen LogP contribution in [-0.4, -0.2) is 30.8 Å². The van der Waals surface area contributed by atoms with Crippen LogP contribution in [0.1, 0.15) is 50.4 Å². The van der Waals surface area contributed by atoms with E-state index < -0.39 is 0 Å². The van der Waals surface area contributed by atoms with Crippen molar-refractivity contribution in [3.63, 3.8) is 0 Å². The summed E-state index contributed by atoms with van der Waals surface area (Å²) in [6, 6.07) is 7.25. The molecule has 0 heterocycles. The van der Waals surface area contributed by atoms with Crippen LogP contribution < -0.4 is 10.1 Å². The maximum Gasteiger partial charge on any atom is 0.251 e. The van der Waals surface area contributed by atoms with E-state index in [-0.39, 0.29) is 17.9 Å². The molecular weight excluding hydrogens is 266 g/mol. The zero-order valence-corrected chi connectivity index (χ0v) is 13.3. The van der Waals surface area contributed by atoms with E-state index in [0.29, 0.717) is 18.7 Å². The Morgan fingerprint density at radius 3 is 2.81 bits per heavy atom. The highest BCUT2D eigenvalue weighted by atomic mass is 16.5. The van der Waals surface area contributed by atoms with E-state index in [4.69, 9.17) is 9.84 Å². The summed E-state index contributed by atoms with van der Waals surface area (Å²) in [6.07, 6.45) is 2.57. The van der Waals surface area contributed by atoms with Crippen LogP contribution in [0.2, 0.25) is 0 Å². The molecule has 0 saturated heterocycles. The zero-order chi connectivity index (χ0) is 15.7. The van der Waals surface area contributed by atoms with Gasteiger partial charge < -0.3 is 15.2 Å². The first kappa shape index (κ1) is 17.5. The van der Waals surface area contributed by atoms with Crippen molar-refractivity contribution in [1.29, 1.82) is 0 Å². The number of carbonyl (C=O) groups is 1. The predicted octanol–water partition coefficient (Wildman–Crippen LogP) is 3.00. The summed E-state index contributed by atoms with van der Waals surface area (Å²) < 4.78 is 5.54. The van der Waals surface area contributed by atoms with Crippen molar-refractivity contribution in [2.24, 2.45) is 5.41 Å². The van der Waals surface area contributed by atoms with Crippen molar-refractivity contribution in [2.45, 2.75) is 40.0 Å². The van der Waals surface area contributed by atoms with Gasteiger partial charge in [0, 0.05) is 18.7 Å². The summed E-state index contributed by atoms with van der Waals surface area (Å²) in [5.74, 6) is 0.637. The van der Waals surface area contributed by atoms with E-state index in [2.05, 4.69) is 19.2 Å². The number of rotatable bonds is 9. The summed E-state index contributed by atoms with van der Waals surface area (Å²) in [5, 5.41) is 11.8. The molecule has 1 aromatic carbocycles. The lowest BCUT2D eigenvalue weighted by atomic mass is 9.88. The Hall–Kier alpha value is -1.55. The van der Waals surface area contributed by atoms with Gasteiger partial charge in [-0.3, -0.25) is 4.79 Å². The minimum atomic E-state index is -0.0889. The van der Waals surface area contributed by atoms with Gasteiger partial charge in [0.25, 0.3) is 5.91 Å². The standard InChI is InChI=1S/C17H27NO3/c1-4-11-21-15-8-5-7-14(12-15)16(20)18-13-17(2,3)9-6-10-19/h5,7-8,12,19H,4,6,9-11,13H2,1-3H3,(H,18,20). The fourth-order valence-electron chi connectivity index (χ4n) is 2.01. The molecule has 0 radical (unpaired) electrons. The molecule has 1 amide bonds. The SMILES string of the molecule is CCCOc1cccc(C(=O)NCC(C)(C)CCCO)c1. The quantitative estimate of drug-likeness (QED) is 0.736. The Morgan fingerprint density at radius 2 is 2.14 bits per heavy atom. The second-order valence-corrected chi connectivity index (χ2v) is 6.05. The Bertz CT molecular complexity index is 443. The van der Waals surface area contributed by atoms with Crippen LogP contribution in [0.4, 0.5) is 0 Å². The van der Waals surface area contributed by atoms with Crippen molar-refractivity contribution in [2.75, 3.05) is 19.8 Å². The average molecular weight is 293 g/mol. The fourth-order valence-corrected chi connectivity index (χ4v) is 2.01. The molecule has 1 rings (SSSR count). The summed E-state index contributed by atoms with van der Waals surface area (Å²) in [7, 11) is 0. The molecule has 0 aliphatic rings. The topological polar surface area (TPSA) is 58.6 Å². The number of carbonyl (C=O) groups excluding carboxylic acids is 1. The van der Waals surface area contributed by atoms with Crippen molar-refractivity contribution < 1.29 is 14.6 Å². The molecule has 2 N–H and O–H groups in total. The summed E-state index contributed by atoms with van der Waals surface area (Å²) in [4.78, 5) is 12.2. The highest BCUT2D eigenvalue weighted by molar-refractivity contribution is 5.94. The highest BCUT2D eigenvalue weighted by Crippen LogP contribution is 2.21. The van der Waals surface area contributed by atoms with E-state index in [0.717, 1.165) is 25.0 Å². The Labute approximate surface area is 127 Å². The lowest BCUT2D eigenvalue weighted by Gasteiger charge is -2.24. The van der Waals surface area contributed by atoms with Gasteiger partial charge in [0.15, 0.2) is 0 Å². The van der Waals surface area contributed by atoms with Gasteiger partial charge in [-0.05, 0) is 42.9 Å². The third-order valence-corrected chi connectivity index (χ3v) is 3.31. The predicted molar refractivity (Wildman–Crippen MR) is 84.7 cm³/mol. The number of aliphatic hydroxyl groups excluding tert-OH is 1. The molecule has 118 valence electrons. The Balaban J connectivity index is 2.55. The van der Waals surface area contributed by atoms with Gasteiger partial charge >= 0.3 is 0 Å². The van der Waals surface area contributed by atoms with E-state index in [1.165, 1.54) is 0 Å². The number of amides is 1. The zero-order valence-electron chi connectivity index (χ0n) is 13.3. The Kier molecular flexibility index (Phi) is 7.23. The lowest BCUT2D eigenvalue weighted by molar-refractivity contribution is 0.0932. The molecule has 0 saturated carbocycles. The molecular formula is C17H27NO3. The molecule has 0 unspecified atom stereocenters. The van der Waals surface area contributed by atoms with Crippen molar-refractivity contribution >= 4 is 5.91 Å². The molecule has 0 spiro atoms. The number of ether oxygens (including phenoxy) is 1. The second kappa shape index (κ2) is 8.67. The number of hydrogen-bond acceptors (Lipinski definition) is 3. The minimum Gasteiger partial charge on any atom is -0.494 e. The second-order valence-electron chi connectivity index (χ2n) is 6.05. The monoisotopic (exact) mass is 293 g/mol. The van der Waals surface area contributed by atoms with E-state index >= 15 is 0 Å². The van der Waals surface area contributed by atoms with Crippen LogP contribution in [-0.2, 0) is 0 Å². The van der Waals surface area contributed by atoms with E-state index in [9.17, 15) is 4.79 Å². The normalized spacial score (nSPS) is 11.2. The van der Waals surface area contributed by atoms with Crippen LogP contribution in [0.3, 0.4) is 0 Å². The molecule has 4 nitrogen and oxygen atoms in total. The van der Waals surface area contributed by atoms with Crippen molar-refractivity contribution in [1.82, 2.24) is 5.32 Å². The lowest BCUT2D eigenvalue weighted by Crippen LogP contribution is -2.34. The Morgan fingerprint density at radius 1 is 1.38 bits per heavy atom. The van der Waals surface area contributed by atoms with Gasteiger partial charge in [-0.25, -0.2) is 0 Å². The minimum absolute atomic E-state index is 0.0191. The van der Waals surface area contributed by atoms with Crippen LogP contribution in [0.5, 0.6) is 5.75 Å². The molecule has 4 heteroatoms. The number of nitrogens with one attached hydrogen (secondary N) is 1. The average Bonchev–Trinajstić information content (AvgIpc) is 2.49. The van der Waals surface area contributed by atoms with Crippen LogP contribution in [0, 0.1) is 5.41 Å². The van der Waals surface area contributed by atoms with Crippen LogP contribution >= 0.6 is 0 Å². The van der Waals surface area contributed by atoms with Crippen molar-refractivity contribution in [3.05, 3.63) is 29.8 Å². The van der Waals surface area contributed by atoms with Gasteiger partial charge in [-0.1, -0.05) is 26.8 Å². The third kappa shape index (κ3) is 6.63. The first-order valence-electron chi connectivity index (χ1n) is 7.60. The third-order valence-electron chi connectivity index (χ3n) is 3.31. The van der Waals surface area contributed by atoms with E-state index in [1.807, 2.05) is 19.1 Å². The maximum absolute atomic E-state index is 12.2. The molecule has 0 bridgehead atoms.